The third-order valence-electron chi connectivity index (χ3n) is 2.86. The van der Waals surface area contributed by atoms with Gasteiger partial charge in [-0.25, -0.2) is 19.3 Å². The topological polar surface area (TPSA) is 75.1 Å². The van der Waals surface area contributed by atoms with Crippen LogP contribution in [0.3, 0.4) is 0 Å². The Morgan fingerprint density at radius 2 is 2.32 bits per heavy atom. The van der Waals surface area contributed by atoms with E-state index in [4.69, 9.17) is 0 Å². The minimum atomic E-state index is -0.281. The first-order chi connectivity index (χ1) is 9.13. The summed E-state index contributed by atoms with van der Waals surface area (Å²) >= 11 is 1.76. The lowest BCUT2D eigenvalue weighted by Gasteiger charge is -2.12. The average molecular weight is 275 g/mol. The number of fused-ring (bicyclic) bond motifs is 1. The van der Waals surface area contributed by atoms with Gasteiger partial charge in [-0.15, -0.1) is 11.3 Å². The van der Waals surface area contributed by atoms with Crippen LogP contribution in [-0.2, 0) is 0 Å². The monoisotopic (exact) mass is 275 g/mol. The molecule has 3 aromatic rings. The molecule has 3 heterocycles. The van der Waals surface area contributed by atoms with Crippen LogP contribution < -0.4 is 11.0 Å². The van der Waals surface area contributed by atoms with Gasteiger partial charge in [0.2, 0.25) is 0 Å². The van der Waals surface area contributed by atoms with Gasteiger partial charge in [-0.1, -0.05) is 0 Å². The lowest BCUT2D eigenvalue weighted by atomic mass is 10.2. The van der Waals surface area contributed by atoms with E-state index in [0.29, 0.717) is 11.5 Å². The van der Waals surface area contributed by atoms with E-state index in [1.54, 1.807) is 17.4 Å². The summed E-state index contributed by atoms with van der Waals surface area (Å²) in [6, 6.07) is 6.12. The molecule has 3 rings (SSSR count). The number of nitrogens with one attached hydrogen (secondary N) is 2. The summed E-state index contributed by atoms with van der Waals surface area (Å²) < 4.78 is 1.37. The summed E-state index contributed by atoms with van der Waals surface area (Å²) in [5, 5.41) is 9.60. The maximum atomic E-state index is 11.3. The highest BCUT2D eigenvalue weighted by Crippen LogP contribution is 2.25. The number of H-pyrrole nitrogens is 1. The third kappa shape index (κ3) is 2.24. The smallest absolute Gasteiger partial charge is 0.348 e. The van der Waals surface area contributed by atoms with Crippen molar-refractivity contribution >= 4 is 22.8 Å². The van der Waals surface area contributed by atoms with E-state index >= 15 is 0 Å². The Morgan fingerprint density at radius 1 is 1.47 bits per heavy atom. The SMILES string of the molecule is Cc1ccc(C(C)Nc2cc3n[nH]c(=O)n3cn2)s1. The number of hydrogen-bond donors (Lipinski definition) is 2. The Bertz CT molecular complexity index is 772. The number of nitrogens with zero attached hydrogens (tertiary/aromatic N) is 3. The second-order valence-electron chi connectivity index (χ2n) is 4.35. The van der Waals surface area contributed by atoms with Crippen molar-refractivity contribution in [1.82, 2.24) is 19.6 Å². The zero-order chi connectivity index (χ0) is 13.4. The molecule has 0 fully saturated rings. The van der Waals surface area contributed by atoms with Crippen LogP contribution in [0.5, 0.6) is 0 Å². The second-order valence-corrected chi connectivity index (χ2v) is 5.67. The standard InChI is InChI=1S/C12H13N5OS/c1-7-3-4-9(19-7)8(2)14-10-5-11-15-16-12(18)17(11)6-13-10/h3-6,8,14H,1-2H3,(H,16,18). The first-order valence-electron chi connectivity index (χ1n) is 5.89. The number of aromatic nitrogens is 4. The summed E-state index contributed by atoms with van der Waals surface area (Å²) in [6.45, 7) is 4.16. The molecule has 0 saturated carbocycles. The highest BCUT2D eigenvalue weighted by molar-refractivity contribution is 7.12. The zero-order valence-electron chi connectivity index (χ0n) is 10.5. The van der Waals surface area contributed by atoms with E-state index < -0.39 is 0 Å². The predicted molar refractivity (Wildman–Crippen MR) is 74.7 cm³/mol. The molecule has 0 radical (unpaired) electrons. The molecule has 0 saturated heterocycles. The largest absolute Gasteiger partial charge is 0.363 e. The van der Waals surface area contributed by atoms with Crippen LogP contribution in [0, 0.1) is 6.92 Å². The number of aromatic amines is 1. The maximum Gasteiger partial charge on any atom is 0.348 e. The molecule has 0 aliphatic carbocycles. The van der Waals surface area contributed by atoms with Gasteiger partial charge in [-0.3, -0.25) is 0 Å². The maximum absolute atomic E-state index is 11.3. The molecule has 1 unspecified atom stereocenters. The van der Waals surface area contributed by atoms with Gasteiger partial charge >= 0.3 is 5.69 Å². The van der Waals surface area contributed by atoms with Crippen molar-refractivity contribution < 1.29 is 0 Å². The number of anilines is 1. The molecule has 0 aliphatic rings. The highest BCUT2D eigenvalue weighted by Gasteiger charge is 2.09. The molecule has 0 aliphatic heterocycles. The number of rotatable bonds is 3. The molecule has 98 valence electrons. The van der Waals surface area contributed by atoms with Crippen molar-refractivity contribution in [2.24, 2.45) is 0 Å². The summed E-state index contributed by atoms with van der Waals surface area (Å²) in [5.74, 6) is 0.699. The number of aryl methyl sites for hydroxylation is 1. The van der Waals surface area contributed by atoms with Crippen molar-refractivity contribution in [3.8, 4) is 0 Å². The van der Waals surface area contributed by atoms with Gasteiger partial charge in [0.05, 0.1) is 6.04 Å². The van der Waals surface area contributed by atoms with E-state index in [9.17, 15) is 4.79 Å². The predicted octanol–water partition coefficient (Wildman–Crippen LogP) is 1.96. The number of hydrogen-bond acceptors (Lipinski definition) is 5. The summed E-state index contributed by atoms with van der Waals surface area (Å²) in [5.41, 5.74) is 0.271. The van der Waals surface area contributed by atoms with E-state index in [2.05, 4.69) is 46.5 Å². The first-order valence-corrected chi connectivity index (χ1v) is 6.71. The van der Waals surface area contributed by atoms with Crippen LogP contribution in [0.4, 0.5) is 5.82 Å². The first kappa shape index (κ1) is 11.9. The molecular weight excluding hydrogens is 262 g/mol. The molecule has 0 bridgehead atoms. The van der Waals surface area contributed by atoms with Crippen molar-refractivity contribution in [2.75, 3.05) is 5.32 Å². The Kier molecular flexibility index (Phi) is 2.83. The Balaban J connectivity index is 1.86. The van der Waals surface area contributed by atoms with Crippen LogP contribution in [0.2, 0.25) is 0 Å². The summed E-state index contributed by atoms with van der Waals surface area (Å²) in [4.78, 5) is 18.1. The summed E-state index contributed by atoms with van der Waals surface area (Å²) in [7, 11) is 0. The van der Waals surface area contributed by atoms with Gasteiger partial charge in [0.15, 0.2) is 5.65 Å². The zero-order valence-corrected chi connectivity index (χ0v) is 11.4. The fourth-order valence-corrected chi connectivity index (χ4v) is 2.75. The van der Waals surface area contributed by atoms with E-state index in [1.165, 1.54) is 20.5 Å². The second kappa shape index (κ2) is 4.51. The van der Waals surface area contributed by atoms with Gasteiger partial charge in [-0.05, 0) is 26.0 Å². The van der Waals surface area contributed by atoms with Gasteiger partial charge in [0.1, 0.15) is 12.1 Å². The van der Waals surface area contributed by atoms with Crippen LogP contribution >= 0.6 is 11.3 Å². The van der Waals surface area contributed by atoms with Gasteiger partial charge < -0.3 is 5.32 Å². The van der Waals surface area contributed by atoms with Crippen LogP contribution in [0.15, 0.2) is 29.3 Å². The lowest BCUT2D eigenvalue weighted by molar-refractivity contribution is 0.889. The molecule has 0 spiro atoms. The van der Waals surface area contributed by atoms with Gasteiger partial charge in [0, 0.05) is 15.8 Å². The molecule has 2 N–H and O–H groups in total. The van der Waals surface area contributed by atoms with Gasteiger partial charge in [-0.2, -0.15) is 5.10 Å². The normalized spacial score (nSPS) is 12.7. The Labute approximate surface area is 113 Å². The van der Waals surface area contributed by atoms with E-state index in [1.807, 2.05) is 0 Å². The molecular formula is C12H13N5OS. The molecule has 3 aromatic heterocycles. The third-order valence-corrected chi connectivity index (χ3v) is 4.05. The van der Waals surface area contributed by atoms with E-state index in [0.717, 1.165) is 0 Å². The van der Waals surface area contributed by atoms with Crippen molar-refractivity contribution in [3.63, 3.8) is 0 Å². The Hall–Kier alpha value is -2.15. The van der Waals surface area contributed by atoms with Crippen molar-refractivity contribution in [1.29, 1.82) is 0 Å². The quantitative estimate of drug-likeness (QED) is 0.766. The fraction of sp³-hybridized carbons (Fsp3) is 0.250. The van der Waals surface area contributed by atoms with Crippen LogP contribution in [-0.4, -0.2) is 19.6 Å². The van der Waals surface area contributed by atoms with Crippen molar-refractivity contribution in [2.45, 2.75) is 19.9 Å². The molecule has 0 amide bonds. The average Bonchev–Trinajstić information content (AvgIpc) is 2.97. The molecule has 7 heteroatoms. The fourth-order valence-electron chi connectivity index (χ4n) is 1.87. The molecule has 19 heavy (non-hydrogen) atoms. The molecule has 1 atom stereocenters. The van der Waals surface area contributed by atoms with Gasteiger partial charge in [0.25, 0.3) is 0 Å². The Morgan fingerprint density at radius 3 is 3.05 bits per heavy atom. The van der Waals surface area contributed by atoms with Crippen LogP contribution in [0.25, 0.3) is 5.65 Å². The minimum Gasteiger partial charge on any atom is -0.363 e. The number of thiophene rings is 1. The van der Waals surface area contributed by atoms with Crippen molar-refractivity contribution in [3.05, 3.63) is 44.8 Å². The minimum absolute atomic E-state index is 0.166. The van der Waals surface area contributed by atoms with E-state index in [-0.39, 0.29) is 11.7 Å². The lowest BCUT2D eigenvalue weighted by Crippen LogP contribution is -2.11. The summed E-state index contributed by atoms with van der Waals surface area (Å²) in [6.07, 6.45) is 1.47. The molecule has 0 aromatic carbocycles. The van der Waals surface area contributed by atoms with Crippen LogP contribution in [0.1, 0.15) is 22.7 Å². The molecule has 6 nitrogen and oxygen atoms in total. The highest BCUT2D eigenvalue weighted by atomic mass is 32.1.